The number of carbonyl (C=O) groups excluding carboxylic acids is 1. The molecular formula is C17H18ClNO2S. The van der Waals surface area contributed by atoms with Crippen LogP contribution in [-0.4, -0.2) is 25.3 Å². The van der Waals surface area contributed by atoms with E-state index in [9.17, 15) is 4.79 Å². The summed E-state index contributed by atoms with van der Waals surface area (Å²) in [6, 6.07) is 13.1. The number of rotatable bonds is 6. The Balaban J connectivity index is 1.80. The minimum Gasteiger partial charge on any atom is -0.496 e. The van der Waals surface area contributed by atoms with Crippen molar-refractivity contribution in [2.24, 2.45) is 0 Å². The number of thioether (sulfide) groups is 1. The van der Waals surface area contributed by atoms with Gasteiger partial charge in [0.25, 0.3) is 5.91 Å². The molecule has 1 amide bonds. The van der Waals surface area contributed by atoms with Gasteiger partial charge >= 0.3 is 0 Å². The first kappa shape index (κ1) is 16.7. The van der Waals surface area contributed by atoms with Crippen LogP contribution in [-0.2, 0) is 0 Å². The first-order valence-electron chi connectivity index (χ1n) is 6.91. The van der Waals surface area contributed by atoms with E-state index >= 15 is 0 Å². The van der Waals surface area contributed by atoms with Gasteiger partial charge in [-0.05, 0) is 55.0 Å². The lowest BCUT2D eigenvalue weighted by Gasteiger charge is -2.08. The lowest BCUT2D eigenvalue weighted by molar-refractivity contribution is 0.0956. The first-order valence-corrected chi connectivity index (χ1v) is 8.27. The summed E-state index contributed by atoms with van der Waals surface area (Å²) in [5.74, 6) is 1.53. The average molecular weight is 336 g/mol. The number of aryl methyl sites for hydroxylation is 1. The van der Waals surface area contributed by atoms with Crippen LogP contribution in [0.25, 0.3) is 0 Å². The van der Waals surface area contributed by atoms with Gasteiger partial charge in [0.15, 0.2) is 0 Å². The van der Waals surface area contributed by atoms with Gasteiger partial charge in [-0.1, -0.05) is 11.6 Å². The third-order valence-electron chi connectivity index (χ3n) is 3.13. The van der Waals surface area contributed by atoms with E-state index in [-0.39, 0.29) is 5.91 Å². The molecule has 22 heavy (non-hydrogen) atoms. The van der Waals surface area contributed by atoms with Crippen LogP contribution in [0.15, 0.2) is 47.4 Å². The molecule has 0 aliphatic rings. The third kappa shape index (κ3) is 4.68. The molecule has 0 spiro atoms. The van der Waals surface area contributed by atoms with Crippen LogP contribution in [0.1, 0.15) is 15.9 Å². The van der Waals surface area contributed by atoms with E-state index in [0.717, 1.165) is 27.0 Å². The van der Waals surface area contributed by atoms with Crippen LogP contribution in [0.5, 0.6) is 5.75 Å². The molecule has 0 atom stereocenters. The Hall–Kier alpha value is -1.65. The van der Waals surface area contributed by atoms with Crippen LogP contribution in [0.4, 0.5) is 0 Å². The summed E-state index contributed by atoms with van der Waals surface area (Å²) >= 11 is 7.52. The fourth-order valence-corrected chi connectivity index (χ4v) is 2.88. The Bertz CT molecular complexity index is 644. The molecule has 0 aliphatic carbocycles. The van der Waals surface area contributed by atoms with Crippen molar-refractivity contribution in [1.29, 1.82) is 0 Å². The third-order valence-corrected chi connectivity index (χ3v) is 4.39. The van der Waals surface area contributed by atoms with E-state index in [2.05, 4.69) is 5.32 Å². The second kappa shape index (κ2) is 8.11. The van der Waals surface area contributed by atoms with Crippen LogP contribution in [0, 0.1) is 6.92 Å². The zero-order valence-corrected chi connectivity index (χ0v) is 14.1. The number of halogens is 1. The van der Waals surface area contributed by atoms with Crippen molar-refractivity contribution in [1.82, 2.24) is 5.32 Å². The Morgan fingerprint density at radius 1 is 1.23 bits per heavy atom. The largest absolute Gasteiger partial charge is 0.496 e. The Morgan fingerprint density at radius 2 is 1.95 bits per heavy atom. The maximum Gasteiger partial charge on any atom is 0.251 e. The van der Waals surface area contributed by atoms with Gasteiger partial charge in [0.1, 0.15) is 5.75 Å². The Kier molecular flexibility index (Phi) is 6.16. The highest BCUT2D eigenvalue weighted by molar-refractivity contribution is 7.99. The lowest BCUT2D eigenvalue weighted by Crippen LogP contribution is -2.25. The highest BCUT2D eigenvalue weighted by Gasteiger charge is 2.07. The predicted octanol–water partition coefficient (Wildman–Crippen LogP) is 4.18. The van der Waals surface area contributed by atoms with Crippen molar-refractivity contribution in [3.63, 3.8) is 0 Å². The Labute approximate surface area is 140 Å². The monoisotopic (exact) mass is 335 g/mol. The minimum atomic E-state index is -0.0672. The van der Waals surface area contributed by atoms with Crippen molar-refractivity contribution in [3.8, 4) is 5.75 Å². The zero-order valence-electron chi connectivity index (χ0n) is 12.6. The van der Waals surface area contributed by atoms with Crippen molar-refractivity contribution in [2.45, 2.75) is 11.8 Å². The molecule has 0 saturated carbocycles. The first-order chi connectivity index (χ1) is 10.6. The number of methoxy groups -OCH3 is 1. The van der Waals surface area contributed by atoms with Crippen molar-refractivity contribution in [2.75, 3.05) is 19.4 Å². The molecule has 2 aromatic carbocycles. The quantitative estimate of drug-likeness (QED) is 0.635. The summed E-state index contributed by atoms with van der Waals surface area (Å²) in [5, 5.41) is 3.65. The van der Waals surface area contributed by atoms with Gasteiger partial charge in [-0.3, -0.25) is 4.79 Å². The molecule has 2 rings (SSSR count). The topological polar surface area (TPSA) is 38.3 Å². The molecule has 0 bridgehead atoms. The fraction of sp³-hybridized carbons (Fsp3) is 0.235. The summed E-state index contributed by atoms with van der Waals surface area (Å²) in [5.41, 5.74) is 1.60. The van der Waals surface area contributed by atoms with Crippen LogP contribution in [0.2, 0.25) is 5.02 Å². The van der Waals surface area contributed by atoms with Gasteiger partial charge in [-0.2, -0.15) is 0 Å². The summed E-state index contributed by atoms with van der Waals surface area (Å²) < 4.78 is 5.19. The number of hydrogen-bond acceptors (Lipinski definition) is 3. The van der Waals surface area contributed by atoms with E-state index in [0.29, 0.717) is 12.1 Å². The molecule has 2 aromatic rings. The fourth-order valence-electron chi connectivity index (χ4n) is 1.99. The highest BCUT2D eigenvalue weighted by Crippen LogP contribution is 2.20. The van der Waals surface area contributed by atoms with Gasteiger partial charge < -0.3 is 10.1 Å². The molecule has 0 heterocycles. The van der Waals surface area contributed by atoms with Crippen molar-refractivity contribution < 1.29 is 9.53 Å². The van der Waals surface area contributed by atoms with Crippen LogP contribution < -0.4 is 10.1 Å². The van der Waals surface area contributed by atoms with E-state index in [1.54, 1.807) is 24.9 Å². The van der Waals surface area contributed by atoms with Crippen LogP contribution in [0.3, 0.4) is 0 Å². The van der Waals surface area contributed by atoms with Crippen molar-refractivity contribution in [3.05, 3.63) is 58.6 Å². The normalized spacial score (nSPS) is 10.3. The number of hydrogen-bond donors (Lipinski definition) is 1. The SMILES string of the molecule is COc1ccc(C(=O)NCCSc2ccc(Cl)cc2)cc1C. The van der Waals surface area contributed by atoms with Gasteiger partial charge in [-0.15, -0.1) is 11.8 Å². The molecule has 116 valence electrons. The molecule has 0 aromatic heterocycles. The molecule has 0 unspecified atom stereocenters. The van der Waals surface area contributed by atoms with Gasteiger partial charge in [0.2, 0.25) is 0 Å². The number of ether oxygens (including phenoxy) is 1. The summed E-state index contributed by atoms with van der Waals surface area (Å²) in [6.45, 7) is 2.53. The van der Waals surface area contributed by atoms with E-state index < -0.39 is 0 Å². The maximum absolute atomic E-state index is 12.1. The maximum atomic E-state index is 12.1. The molecule has 0 saturated heterocycles. The summed E-state index contributed by atoms with van der Waals surface area (Å²) in [7, 11) is 1.62. The van der Waals surface area contributed by atoms with E-state index in [1.807, 2.05) is 43.3 Å². The van der Waals surface area contributed by atoms with Gasteiger partial charge in [-0.25, -0.2) is 0 Å². The molecule has 3 nitrogen and oxygen atoms in total. The standard InChI is InChI=1S/C17H18ClNO2S/c1-12-11-13(3-8-16(12)21-2)17(20)19-9-10-22-15-6-4-14(18)5-7-15/h3-8,11H,9-10H2,1-2H3,(H,19,20). The van der Waals surface area contributed by atoms with Crippen molar-refractivity contribution >= 4 is 29.3 Å². The second-order valence-corrected chi connectivity index (χ2v) is 6.35. The molecule has 0 radical (unpaired) electrons. The smallest absolute Gasteiger partial charge is 0.251 e. The highest BCUT2D eigenvalue weighted by atomic mass is 35.5. The number of amides is 1. The summed E-state index contributed by atoms with van der Waals surface area (Å²) in [6.07, 6.45) is 0. The predicted molar refractivity (Wildman–Crippen MR) is 92.2 cm³/mol. The van der Waals surface area contributed by atoms with Gasteiger partial charge in [0.05, 0.1) is 7.11 Å². The lowest BCUT2D eigenvalue weighted by atomic mass is 10.1. The second-order valence-electron chi connectivity index (χ2n) is 4.74. The summed E-state index contributed by atoms with van der Waals surface area (Å²) in [4.78, 5) is 13.2. The minimum absolute atomic E-state index is 0.0672. The Morgan fingerprint density at radius 3 is 2.59 bits per heavy atom. The average Bonchev–Trinajstić information content (AvgIpc) is 2.53. The van der Waals surface area contributed by atoms with E-state index in [1.165, 1.54) is 0 Å². The zero-order chi connectivity index (χ0) is 15.9. The van der Waals surface area contributed by atoms with E-state index in [4.69, 9.17) is 16.3 Å². The van der Waals surface area contributed by atoms with Gasteiger partial charge in [0, 0.05) is 27.8 Å². The molecule has 0 aliphatic heterocycles. The number of carbonyl (C=O) groups is 1. The molecule has 1 N–H and O–H groups in total. The number of benzene rings is 2. The molecular weight excluding hydrogens is 318 g/mol. The molecule has 5 heteroatoms. The number of nitrogens with one attached hydrogen (secondary N) is 1. The molecule has 0 fully saturated rings. The van der Waals surface area contributed by atoms with Crippen LogP contribution >= 0.6 is 23.4 Å².